The Kier molecular flexibility index (Phi) is 5.02. The topological polar surface area (TPSA) is 105 Å². The number of halogens is 1. The highest BCUT2D eigenvalue weighted by molar-refractivity contribution is 6.31. The molecule has 9 nitrogen and oxygen atoms in total. The van der Waals surface area contributed by atoms with Crippen molar-refractivity contribution >= 4 is 22.8 Å². The lowest BCUT2D eigenvalue weighted by molar-refractivity contribution is 0.369. The van der Waals surface area contributed by atoms with Crippen molar-refractivity contribution in [3.63, 3.8) is 0 Å². The zero-order valence-corrected chi connectivity index (χ0v) is 18.1. The maximum atomic E-state index is 12.9. The molecule has 3 aromatic heterocycles. The quantitative estimate of drug-likeness (QED) is 0.406. The van der Waals surface area contributed by atoms with E-state index < -0.39 is 0 Å². The van der Waals surface area contributed by atoms with Crippen LogP contribution in [-0.2, 0) is 13.1 Å². The summed E-state index contributed by atoms with van der Waals surface area (Å²) in [5.41, 5.74) is 4.24. The van der Waals surface area contributed by atoms with E-state index >= 15 is 0 Å². The molecule has 3 heterocycles. The fraction of sp³-hybridized carbons (Fsp3) is 0.182. The van der Waals surface area contributed by atoms with Gasteiger partial charge in [0.1, 0.15) is 12.9 Å². The molecule has 0 aliphatic heterocycles. The standard InChI is InChI=1S/C22H18ClN7O2/c1-13-7-8-15(9-14(13)2)20-25-18(32-27-20)11-29-12-24-21-19(22(29)31)26-28-30(21)10-16-5-3-4-6-17(16)23/h3-9,12H,10-11H2,1-2H3. The van der Waals surface area contributed by atoms with Gasteiger partial charge in [0.05, 0.1) is 6.54 Å². The van der Waals surface area contributed by atoms with Crippen LogP contribution in [-0.4, -0.2) is 34.7 Å². The summed E-state index contributed by atoms with van der Waals surface area (Å²) in [6.07, 6.45) is 1.43. The average molecular weight is 448 g/mol. The van der Waals surface area contributed by atoms with Gasteiger partial charge in [-0.1, -0.05) is 52.3 Å². The third kappa shape index (κ3) is 3.67. The van der Waals surface area contributed by atoms with Crippen molar-refractivity contribution in [2.75, 3.05) is 0 Å². The number of hydrogen-bond donors (Lipinski definition) is 0. The van der Waals surface area contributed by atoms with Crippen LogP contribution >= 0.6 is 11.6 Å². The first-order chi connectivity index (χ1) is 15.5. The Labute approximate surface area is 187 Å². The number of hydrogen-bond acceptors (Lipinski definition) is 7. The van der Waals surface area contributed by atoms with Crippen molar-refractivity contribution < 1.29 is 4.52 Å². The molecule has 0 N–H and O–H groups in total. The molecule has 0 saturated carbocycles. The SMILES string of the molecule is Cc1ccc(-c2noc(Cn3cnc4c(nnn4Cc4ccccc4Cl)c3=O)n2)cc1C. The molecule has 10 heteroatoms. The predicted octanol–water partition coefficient (Wildman–Crippen LogP) is 3.40. The molecule has 32 heavy (non-hydrogen) atoms. The first kappa shape index (κ1) is 20.1. The molecule has 0 aliphatic rings. The fourth-order valence-electron chi connectivity index (χ4n) is 3.36. The zero-order valence-electron chi connectivity index (χ0n) is 17.4. The first-order valence-electron chi connectivity index (χ1n) is 9.92. The summed E-state index contributed by atoms with van der Waals surface area (Å²) in [6, 6.07) is 13.4. The number of aromatic nitrogens is 7. The maximum Gasteiger partial charge on any atom is 0.283 e. The summed E-state index contributed by atoms with van der Waals surface area (Å²) < 4.78 is 8.27. The minimum Gasteiger partial charge on any atom is -0.337 e. The van der Waals surface area contributed by atoms with Gasteiger partial charge >= 0.3 is 0 Å². The monoisotopic (exact) mass is 447 g/mol. The van der Waals surface area contributed by atoms with Gasteiger partial charge in [0.15, 0.2) is 11.2 Å². The Hall–Kier alpha value is -3.85. The lowest BCUT2D eigenvalue weighted by Crippen LogP contribution is -2.21. The highest BCUT2D eigenvalue weighted by Gasteiger charge is 2.16. The number of aryl methyl sites for hydroxylation is 2. The van der Waals surface area contributed by atoms with Crippen LogP contribution in [0.5, 0.6) is 0 Å². The molecule has 5 aromatic rings. The van der Waals surface area contributed by atoms with Crippen molar-refractivity contribution in [2.45, 2.75) is 26.9 Å². The summed E-state index contributed by atoms with van der Waals surface area (Å²) in [4.78, 5) is 21.7. The molecule has 0 fully saturated rings. The number of rotatable bonds is 5. The van der Waals surface area contributed by atoms with E-state index in [9.17, 15) is 4.79 Å². The van der Waals surface area contributed by atoms with Crippen LogP contribution in [0.4, 0.5) is 0 Å². The summed E-state index contributed by atoms with van der Waals surface area (Å²) in [6.45, 7) is 4.51. The highest BCUT2D eigenvalue weighted by atomic mass is 35.5. The minimum atomic E-state index is -0.341. The van der Waals surface area contributed by atoms with Crippen LogP contribution in [0.2, 0.25) is 5.02 Å². The average Bonchev–Trinajstić information content (AvgIpc) is 3.41. The van der Waals surface area contributed by atoms with E-state index in [1.165, 1.54) is 16.5 Å². The molecule has 0 radical (unpaired) electrons. The van der Waals surface area contributed by atoms with E-state index in [1.54, 1.807) is 10.7 Å². The molecular weight excluding hydrogens is 430 g/mol. The molecule has 0 amide bonds. The second-order valence-electron chi connectivity index (χ2n) is 7.50. The minimum absolute atomic E-state index is 0.0803. The van der Waals surface area contributed by atoms with Gasteiger partial charge in [0.25, 0.3) is 5.56 Å². The molecular formula is C22H18ClN7O2. The third-order valence-corrected chi connectivity index (χ3v) is 5.68. The van der Waals surface area contributed by atoms with Crippen molar-refractivity contribution in [2.24, 2.45) is 0 Å². The van der Waals surface area contributed by atoms with Crippen LogP contribution in [0.1, 0.15) is 22.6 Å². The van der Waals surface area contributed by atoms with Crippen LogP contribution in [0, 0.1) is 13.8 Å². The van der Waals surface area contributed by atoms with E-state index in [1.807, 2.05) is 50.2 Å². The molecule has 0 atom stereocenters. The lowest BCUT2D eigenvalue weighted by atomic mass is 10.1. The van der Waals surface area contributed by atoms with E-state index in [-0.39, 0.29) is 17.6 Å². The smallest absolute Gasteiger partial charge is 0.283 e. The van der Waals surface area contributed by atoms with Gasteiger partial charge in [-0.3, -0.25) is 9.36 Å². The molecule has 5 rings (SSSR count). The fourth-order valence-corrected chi connectivity index (χ4v) is 3.55. The van der Waals surface area contributed by atoms with Gasteiger partial charge in [-0.15, -0.1) is 5.10 Å². The Morgan fingerprint density at radius 2 is 1.91 bits per heavy atom. The molecule has 0 bridgehead atoms. The predicted molar refractivity (Wildman–Crippen MR) is 118 cm³/mol. The van der Waals surface area contributed by atoms with E-state index in [0.717, 1.165) is 16.7 Å². The highest BCUT2D eigenvalue weighted by Crippen LogP contribution is 2.20. The summed E-state index contributed by atoms with van der Waals surface area (Å²) in [5, 5.41) is 12.8. The molecule has 160 valence electrons. The van der Waals surface area contributed by atoms with Crippen molar-refractivity contribution in [3.8, 4) is 11.4 Å². The van der Waals surface area contributed by atoms with Crippen LogP contribution < -0.4 is 5.56 Å². The molecule has 2 aromatic carbocycles. The van der Waals surface area contributed by atoms with Gasteiger partial charge in [-0.05, 0) is 42.7 Å². The third-order valence-electron chi connectivity index (χ3n) is 5.31. The van der Waals surface area contributed by atoms with E-state index in [4.69, 9.17) is 16.1 Å². The number of fused-ring (bicyclic) bond motifs is 1. The Morgan fingerprint density at radius 3 is 2.72 bits per heavy atom. The van der Waals surface area contributed by atoms with Crippen molar-refractivity contribution in [1.29, 1.82) is 0 Å². The zero-order chi connectivity index (χ0) is 22.2. The van der Waals surface area contributed by atoms with Gasteiger partial charge in [0.2, 0.25) is 11.7 Å². The van der Waals surface area contributed by atoms with Crippen molar-refractivity contribution in [3.05, 3.63) is 86.7 Å². The number of nitrogens with zero attached hydrogens (tertiary/aromatic N) is 7. The van der Waals surface area contributed by atoms with Crippen molar-refractivity contribution in [1.82, 2.24) is 34.7 Å². The van der Waals surface area contributed by atoms with Gasteiger partial charge in [-0.25, -0.2) is 9.67 Å². The van der Waals surface area contributed by atoms with Crippen LogP contribution in [0.3, 0.4) is 0 Å². The van der Waals surface area contributed by atoms with E-state index in [0.29, 0.717) is 28.9 Å². The molecule has 0 saturated heterocycles. The second-order valence-corrected chi connectivity index (χ2v) is 7.91. The molecule has 0 unspecified atom stereocenters. The Balaban J connectivity index is 1.42. The Morgan fingerprint density at radius 1 is 1.06 bits per heavy atom. The van der Waals surface area contributed by atoms with Crippen LogP contribution in [0.15, 0.2) is 58.1 Å². The van der Waals surface area contributed by atoms with Gasteiger partial charge in [-0.2, -0.15) is 4.98 Å². The van der Waals surface area contributed by atoms with Gasteiger partial charge in [0, 0.05) is 10.6 Å². The number of benzene rings is 2. The van der Waals surface area contributed by atoms with E-state index in [2.05, 4.69) is 25.4 Å². The second kappa shape index (κ2) is 8.01. The molecule has 0 spiro atoms. The maximum absolute atomic E-state index is 12.9. The Bertz CT molecular complexity index is 1500. The summed E-state index contributed by atoms with van der Waals surface area (Å²) >= 11 is 6.23. The molecule has 0 aliphatic carbocycles. The lowest BCUT2D eigenvalue weighted by Gasteiger charge is -2.05. The van der Waals surface area contributed by atoms with Crippen LogP contribution in [0.25, 0.3) is 22.6 Å². The summed E-state index contributed by atoms with van der Waals surface area (Å²) in [7, 11) is 0. The normalized spacial score (nSPS) is 11.3. The van der Waals surface area contributed by atoms with Gasteiger partial charge < -0.3 is 4.52 Å². The summed E-state index contributed by atoms with van der Waals surface area (Å²) in [5.74, 6) is 0.765. The largest absolute Gasteiger partial charge is 0.337 e. The first-order valence-corrected chi connectivity index (χ1v) is 10.3.